The number of aromatic nitrogens is 5. The first kappa shape index (κ1) is 16.1. The second-order valence-corrected chi connectivity index (χ2v) is 5.62. The number of hydrogen-bond acceptors (Lipinski definition) is 4. The molecule has 0 saturated carbocycles. The molecule has 132 valence electrons. The summed E-state index contributed by atoms with van der Waals surface area (Å²) in [4.78, 5) is 4.09. The molecule has 0 saturated heterocycles. The molecule has 0 aliphatic carbocycles. The summed E-state index contributed by atoms with van der Waals surface area (Å²) in [6.07, 6.45) is -3.14. The highest BCUT2D eigenvalue weighted by molar-refractivity contribution is 5.90. The summed E-state index contributed by atoms with van der Waals surface area (Å²) in [6, 6.07) is 11.3. The number of rotatable bonds is 3. The van der Waals surface area contributed by atoms with Gasteiger partial charge in [-0.1, -0.05) is 18.2 Å². The van der Waals surface area contributed by atoms with Gasteiger partial charge in [-0.05, 0) is 42.3 Å². The maximum atomic E-state index is 12.3. The summed E-state index contributed by atoms with van der Waals surface area (Å²) in [6.45, 7) is 1.78. The smallest absolute Gasteiger partial charge is 0.406 e. The van der Waals surface area contributed by atoms with Crippen molar-refractivity contribution in [2.75, 3.05) is 0 Å². The molecule has 0 bridgehead atoms. The molecule has 2 aromatic heterocycles. The van der Waals surface area contributed by atoms with Crippen molar-refractivity contribution in [1.29, 1.82) is 0 Å². The van der Waals surface area contributed by atoms with Gasteiger partial charge in [0, 0.05) is 5.39 Å². The van der Waals surface area contributed by atoms with Crippen molar-refractivity contribution < 1.29 is 17.9 Å². The number of halogens is 3. The van der Waals surface area contributed by atoms with Crippen LogP contribution in [-0.4, -0.2) is 31.3 Å². The summed E-state index contributed by atoms with van der Waals surface area (Å²) in [5.41, 5.74) is 2.40. The Morgan fingerprint density at radius 1 is 1.04 bits per heavy atom. The number of aryl methyl sites for hydroxylation is 1. The van der Waals surface area contributed by atoms with E-state index in [-0.39, 0.29) is 5.75 Å². The van der Waals surface area contributed by atoms with Gasteiger partial charge >= 0.3 is 6.36 Å². The summed E-state index contributed by atoms with van der Waals surface area (Å²) >= 11 is 0. The van der Waals surface area contributed by atoms with Gasteiger partial charge in [-0.25, -0.2) is 4.98 Å². The Bertz CT molecular complexity index is 1070. The van der Waals surface area contributed by atoms with Gasteiger partial charge in [0.05, 0.1) is 5.52 Å². The first-order valence-corrected chi connectivity index (χ1v) is 7.62. The second kappa shape index (κ2) is 5.87. The lowest BCUT2D eigenvalue weighted by molar-refractivity contribution is -0.274. The van der Waals surface area contributed by atoms with Crippen molar-refractivity contribution in [3.05, 3.63) is 54.6 Å². The van der Waals surface area contributed by atoms with E-state index in [0.717, 1.165) is 22.0 Å². The lowest BCUT2D eigenvalue weighted by Gasteiger charge is -2.09. The minimum atomic E-state index is -4.71. The highest BCUT2D eigenvalue weighted by Crippen LogP contribution is 2.29. The number of nitrogens with zero attached hydrogens (tertiary/aromatic N) is 4. The van der Waals surface area contributed by atoms with E-state index >= 15 is 0 Å². The van der Waals surface area contributed by atoms with Gasteiger partial charge < -0.3 is 4.74 Å². The maximum Gasteiger partial charge on any atom is 0.573 e. The Hall–Kier alpha value is -3.36. The van der Waals surface area contributed by atoms with E-state index in [2.05, 4.69) is 25.0 Å². The van der Waals surface area contributed by atoms with Crippen LogP contribution in [0.3, 0.4) is 0 Å². The highest BCUT2D eigenvalue weighted by Gasteiger charge is 2.30. The number of benzene rings is 2. The fourth-order valence-electron chi connectivity index (χ4n) is 2.65. The van der Waals surface area contributed by atoms with Crippen LogP contribution in [0.25, 0.3) is 27.8 Å². The minimum Gasteiger partial charge on any atom is -0.406 e. The van der Waals surface area contributed by atoms with Gasteiger partial charge in [0.25, 0.3) is 0 Å². The zero-order chi connectivity index (χ0) is 18.3. The molecule has 2 heterocycles. The fraction of sp³-hybridized carbons (Fsp3) is 0.118. The lowest BCUT2D eigenvalue weighted by Crippen LogP contribution is -2.16. The molecule has 4 aromatic rings. The third-order valence-corrected chi connectivity index (χ3v) is 3.79. The summed E-state index contributed by atoms with van der Waals surface area (Å²) in [7, 11) is 0. The molecule has 0 unspecified atom stereocenters. The normalized spacial score (nSPS) is 11.8. The Morgan fingerprint density at radius 3 is 2.42 bits per heavy atom. The van der Waals surface area contributed by atoms with Crippen molar-refractivity contribution in [1.82, 2.24) is 25.0 Å². The van der Waals surface area contributed by atoms with Crippen LogP contribution in [0.2, 0.25) is 0 Å². The van der Waals surface area contributed by atoms with Crippen LogP contribution in [0.15, 0.2) is 48.8 Å². The van der Waals surface area contributed by atoms with Crippen molar-refractivity contribution in [2.45, 2.75) is 13.3 Å². The van der Waals surface area contributed by atoms with E-state index in [1.807, 2.05) is 18.2 Å². The molecule has 26 heavy (non-hydrogen) atoms. The van der Waals surface area contributed by atoms with Crippen LogP contribution >= 0.6 is 0 Å². The maximum absolute atomic E-state index is 12.3. The molecule has 4 rings (SSSR count). The third-order valence-electron chi connectivity index (χ3n) is 3.79. The molecule has 6 nitrogen and oxygen atoms in total. The van der Waals surface area contributed by atoms with Crippen molar-refractivity contribution >= 4 is 10.9 Å². The number of alkyl halides is 3. The van der Waals surface area contributed by atoms with Crippen LogP contribution in [0, 0.1) is 6.92 Å². The Labute approximate surface area is 145 Å². The summed E-state index contributed by atoms with van der Waals surface area (Å²) in [5, 5.41) is 12.3. The molecular formula is C17H12F3N5O. The van der Waals surface area contributed by atoms with Crippen LogP contribution in [-0.2, 0) is 0 Å². The molecule has 0 amide bonds. The Kier molecular flexibility index (Phi) is 3.64. The van der Waals surface area contributed by atoms with Crippen molar-refractivity contribution in [3.63, 3.8) is 0 Å². The Balaban J connectivity index is 1.71. The van der Waals surface area contributed by atoms with E-state index in [4.69, 9.17) is 0 Å². The molecule has 1 N–H and O–H groups in total. The van der Waals surface area contributed by atoms with Gasteiger partial charge in [-0.15, -0.1) is 13.2 Å². The molecule has 0 radical (unpaired) electrons. The average molecular weight is 359 g/mol. The number of fused-ring (bicyclic) bond motifs is 1. The lowest BCUT2D eigenvalue weighted by atomic mass is 10.0. The van der Waals surface area contributed by atoms with Crippen LogP contribution in [0.4, 0.5) is 13.2 Å². The average Bonchev–Trinajstić information content (AvgIpc) is 3.19. The van der Waals surface area contributed by atoms with Crippen LogP contribution < -0.4 is 4.74 Å². The van der Waals surface area contributed by atoms with E-state index in [9.17, 15) is 13.2 Å². The van der Waals surface area contributed by atoms with Gasteiger partial charge in [-0.2, -0.15) is 14.9 Å². The van der Waals surface area contributed by atoms with Crippen molar-refractivity contribution in [2.24, 2.45) is 0 Å². The largest absolute Gasteiger partial charge is 0.573 e. The zero-order valence-corrected chi connectivity index (χ0v) is 13.4. The fourth-order valence-corrected chi connectivity index (χ4v) is 2.65. The molecule has 9 heteroatoms. The quantitative estimate of drug-likeness (QED) is 0.600. The predicted octanol–water partition coefficient (Wildman–Crippen LogP) is 4.02. The Morgan fingerprint density at radius 2 is 1.77 bits per heavy atom. The molecule has 0 aliphatic heterocycles. The highest BCUT2D eigenvalue weighted by atomic mass is 19.4. The number of hydrogen-bond donors (Lipinski definition) is 1. The second-order valence-electron chi connectivity index (χ2n) is 5.62. The number of ether oxygens (including phenoxy) is 1. The van der Waals surface area contributed by atoms with Gasteiger partial charge in [0.2, 0.25) is 0 Å². The zero-order valence-electron chi connectivity index (χ0n) is 13.4. The topological polar surface area (TPSA) is 68.6 Å². The predicted molar refractivity (Wildman–Crippen MR) is 87.9 cm³/mol. The van der Waals surface area contributed by atoms with Crippen molar-refractivity contribution in [3.8, 4) is 22.7 Å². The van der Waals surface area contributed by atoms with Gasteiger partial charge in [0.15, 0.2) is 5.82 Å². The molecule has 0 fully saturated rings. The van der Waals surface area contributed by atoms with E-state index in [1.165, 1.54) is 12.1 Å². The first-order chi connectivity index (χ1) is 12.4. The van der Waals surface area contributed by atoms with Crippen LogP contribution in [0.5, 0.6) is 5.75 Å². The third kappa shape index (κ3) is 3.10. The molecule has 0 aliphatic rings. The SMILES string of the molecule is Cc1ncn(-c2n[nH]c3ccc(-c4ccc(OC(F)(F)F)cc4)cc23)n1. The molecule has 0 atom stereocenters. The number of nitrogens with one attached hydrogen (secondary N) is 1. The minimum absolute atomic E-state index is 0.260. The van der Waals surface area contributed by atoms with E-state index in [0.29, 0.717) is 11.6 Å². The van der Waals surface area contributed by atoms with Gasteiger partial charge in [0.1, 0.15) is 17.9 Å². The number of H-pyrrole nitrogens is 1. The monoisotopic (exact) mass is 359 g/mol. The van der Waals surface area contributed by atoms with E-state index in [1.54, 1.807) is 30.1 Å². The van der Waals surface area contributed by atoms with Crippen LogP contribution in [0.1, 0.15) is 5.82 Å². The summed E-state index contributed by atoms with van der Waals surface area (Å²) in [5.74, 6) is 0.960. The number of aromatic amines is 1. The molecule has 0 spiro atoms. The molecular weight excluding hydrogens is 347 g/mol. The first-order valence-electron chi connectivity index (χ1n) is 7.62. The van der Waals surface area contributed by atoms with Gasteiger partial charge in [-0.3, -0.25) is 5.10 Å². The standard InChI is InChI=1S/C17H12F3N5O/c1-10-21-9-25(24-10)16-14-8-12(4-7-15(14)22-23-16)11-2-5-13(6-3-11)26-17(18,19)20/h2-9H,1H3,(H,22,23). The van der Waals surface area contributed by atoms with E-state index < -0.39 is 6.36 Å². The summed E-state index contributed by atoms with van der Waals surface area (Å²) < 4.78 is 42.3. The molecule has 2 aromatic carbocycles.